The molecule has 1 aromatic heterocycles. The Morgan fingerprint density at radius 3 is 2.10 bits per heavy atom. The minimum atomic E-state index is -1.29. The minimum absolute atomic E-state index is 0.251. The number of likely N-dealkylation sites (N-methyl/N-ethyl adjacent to an activating group) is 1. The normalized spacial score (nSPS) is 23.6. The molecule has 0 aliphatic carbocycles. The fourth-order valence-electron chi connectivity index (χ4n) is 4.58. The average molecular weight is 399 g/mol. The molecule has 1 saturated heterocycles. The first-order chi connectivity index (χ1) is 13.2. The predicted octanol–water partition coefficient (Wildman–Crippen LogP) is 2.54. The zero-order valence-electron chi connectivity index (χ0n) is 18.7. The van der Waals surface area contributed by atoms with Gasteiger partial charge in [-0.15, -0.1) is 0 Å². The number of aryl methyl sites for hydroxylation is 1. The van der Waals surface area contributed by atoms with Crippen LogP contribution in [0.5, 0.6) is 0 Å². The number of benzene rings is 1. The van der Waals surface area contributed by atoms with Crippen LogP contribution in [0.4, 0.5) is 5.69 Å². The molecule has 0 bridgehead atoms. The van der Waals surface area contributed by atoms with Gasteiger partial charge in [0.15, 0.2) is 0 Å². The number of hydrogen-bond acceptors (Lipinski definition) is 5. The Labute approximate surface area is 171 Å². The minimum Gasteiger partial charge on any atom is -0.377 e. The molecule has 0 spiro atoms. The zero-order chi connectivity index (χ0) is 22.1. The Balaban J connectivity index is 2.49. The third-order valence-corrected chi connectivity index (χ3v) is 7.31. The molecule has 29 heavy (non-hydrogen) atoms. The molecule has 7 nitrogen and oxygen atoms in total. The van der Waals surface area contributed by atoms with E-state index >= 15 is 0 Å². The fraction of sp³-hybridized carbons (Fsp3) is 0.545. The van der Waals surface area contributed by atoms with Crippen LogP contribution in [0.1, 0.15) is 40.4 Å². The summed E-state index contributed by atoms with van der Waals surface area (Å²) < 4.78 is 1.50. The van der Waals surface area contributed by atoms with E-state index < -0.39 is 22.3 Å². The first kappa shape index (κ1) is 21.0. The fourth-order valence-corrected chi connectivity index (χ4v) is 4.58. The standard InChI is InChI=1S/C22H30N4O3/c1-13-23-14-11-10-12-15(24(7)8)16(14)17(27)26(13)22(6)19(29)25(9)18(28)20(2,3)21(22,4)5/h10-12H,1-9H3. The summed E-state index contributed by atoms with van der Waals surface area (Å²) >= 11 is 0. The van der Waals surface area contributed by atoms with Gasteiger partial charge in [0.1, 0.15) is 11.4 Å². The summed E-state index contributed by atoms with van der Waals surface area (Å²) in [5, 5.41) is 0.463. The van der Waals surface area contributed by atoms with Crippen LogP contribution in [0.2, 0.25) is 0 Å². The van der Waals surface area contributed by atoms with Crippen LogP contribution < -0.4 is 10.5 Å². The number of carbonyl (C=O) groups is 2. The maximum Gasteiger partial charge on any atom is 0.264 e. The number of fused-ring (bicyclic) bond motifs is 1. The number of anilines is 1. The molecule has 1 aliphatic heterocycles. The number of amides is 2. The molecule has 0 saturated carbocycles. The van der Waals surface area contributed by atoms with Crippen molar-refractivity contribution in [2.45, 2.75) is 47.1 Å². The second kappa shape index (κ2) is 6.15. The number of aromatic nitrogens is 2. The van der Waals surface area contributed by atoms with E-state index in [0.717, 1.165) is 10.6 Å². The van der Waals surface area contributed by atoms with Gasteiger partial charge >= 0.3 is 0 Å². The summed E-state index contributed by atoms with van der Waals surface area (Å²) in [6.45, 7) is 10.9. The molecule has 1 unspecified atom stereocenters. The highest BCUT2D eigenvalue weighted by Gasteiger charge is 2.65. The first-order valence-corrected chi connectivity index (χ1v) is 9.74. The van der Waals surface area contributed by atoms with Gasteiger partial charge in [-0.3, -0.25) is 23.9 Å². The lowest BCUT2D eigenvalue weighted by molar-refractivity contribution is -0.181. The third-order valence-electron chi connectivity index (χ3n) is 7.31. The highest BCUT2D eigenvalue weighted by molar-refractivity contribution is 6.05. The second-order valence-electron chi connectivity index (χ2n) is 9.36. The quantitative estimate of drug-likeness (QED) is 0.727. The summed E-state index contributed by atoms with van der Waals surface area (Å²) in [7, 11) is 5.22. The average Bonchev–Trinajstić information content (AvgIpc) is 2.63. The van der Waals surface area contributed by atoms with Gasteiger partial charge in [0, 0.05) is 26.6 Å². The van der Waals surface area contributed by atoms with E-state index in [1.807, 2.05) is 58.8 Å². The van der Waals surface area contributed by atoms with Gasteiger partial charge in [0.05, 0.1) is 22.0 Å². The number of hydrogen-bond donors (Lipinski definition) is 0. The molecule has 1 aliphatic rings. The van der Waals surface area contributed by atoms with Crippen molar-refractivity contribution in [2.75, 3.05) is 26.0 Å². The SMILES string of the molecule is Cc1nc2cccc(N(C)C)c2c(=O)n1C1(C)C(=O)N(C)C(=O)C(C)(C)C1(C)C. The van der Waals surface area contributed by atoms with E-state index in [0.29, 0.717) is 16.7 Å². The molecular weight excluding hydrogens is 368 g/mol. The van der Waals surface area contributed by atoms with Crippen molar-refractivity contribution in [1.82, 2.24) is 14.5 Å². The maximum atomic E-state index is 13.9. The largest absolute Gasteiger partial charge is 0.377 e. The number of rotatable bonds is 2. The predicted molar refractivity (Wildman–Crippen MR) is 114 cm³/mol. The topological polar surface area (TPSA) is 75.5 Å². The lowest BCUT2D eigenvalue weighted by Gasteiger charge is -2.57. The van der Waals surface area contributed by atoms with Crippen molar-refractivity contribution in [3.63, 3.8) is 0 Å². The van der Waals surface area contributed by atoms with Gasteiger partial charge < -0.3 is 4.90 Å². The molecule has 2 amide bonds. The summed E-state index contributed by atoms with van der Waals surface area (Å²) in [6, 6.07) is 5.53. The summed E-state index contributed by atoms with van der Waals surface area (Å²) in [6.07, 6.45) is 0. The van der Waals surface area contributed by atoms with Gasteiger partial charge in [-0.05, 0) is 26.0 Å². The van der Waals surface area contributed by atoms with Gasteiger partial charge in [-0.2, -0.15) is 0 Å². The Kier molecular flexibility index (Phi) is 4.46. The molecule has 0 N–H and O–H groups in total. The highest BCUT2D eigenvalue weighted by Crippen LogP contribution is 2.55. The van der Waals surface area contributed by atoms with Crippen molar-refractivity contribution >= 4 is 28.4 Å². The van der Waals surface area contributed by atoms with Crippen LogP contribution in [0.15, 0.2) is 23.0 Å². The summed E-state index contributed by atoms with van der Waals surface area (Å²) in [5.41, 5.74) is -1.96. The van der Waals surface area contributed by atoms with Crippen LogP contribution >= 0.6 is 0 Å². The van der Waals surface area contributed by atoms with E-state index in [1.165, 1.54) is 11.6 Å². The van der Waals surface area contributed by atoms with E-state index in [-0.39, 0.29) is 11.5 Å². The highest BCUT2D eigenvalue weighted by atomic mass is 16.2. The Bertz CT molecular complexity index is 1100. The van der Waals surface area contributed by atoms with Crippen molar-refractivity contribution in [1.29, 1.82) is 0 Å². The van der Waals surface area contributed by atoms with E-state index in [2.05, 4.69) is 4.98 Å². The Morgan fingerprint density at radius 1 is 0.966 bits per heavy atom. The molecule has 1 aromatic carbocycles. The van der Waals surface area contributed by atoms with E-state index in [9.17, 15) is 14.4 Å². The number of piperidine rings is 1. The molecule has 1 atom stereocenters. The van der Waals surface area contributed by atoms with Gasteiger partial charge in [-0.25, -0.2) is 4.98 Å². The van der Waals surface area contributed by atoms with Crippen molar-refractivity contribution < 1.29 is 9.59 Å². The van der Waals surface area contributed by atoms with Crippen LogP contribution in [0, 0.1) is 17.8 Å². The smallest absolute Gasteiger partial charge is 0.264 e. The van der Waals surface area contributed by atoms with Gasteiger partial charge in [0.2, 0.25) is 5.91 Å². The number of likely N-dealkylation sites (tertiary alicyclic amines) is 1. The maximum absolute atomic E-state index is 13.9. The molecule has 156 valence electrons. The number of nitrogens with zero attached hydrogens (tertiary/aromatic N) is 4. The lowest BCUT2D eigenvalue weighted by Crippen LogP contribution is -2.71. The number of carbonyl (C=O) groups excluding carboxylic acids is 2. The molecule has 2 aromatic rings. The van der Waals surface area contributed by atoms with Crippen molar-refractivity contribution in [2.24, 2.45) is 10.8 Å². The number of imide groups is 1. The van der Waals surface area contributed by atoms with Gasteiger partial charge in [0.25, 0.3) is 11.5 Å². The summed E-state index contributed by atoms with van der Waals surface area (Å²) in [4.78, 5) is 48.0. The van der Waals surface area contributed by atoms with Crippen LogP contribution in [0.3, 0.4) is 0 Å². The molecular formula is C22H30N4O3. The molecule has 1 fully saturated rings. The molecule has 7 heteroatoms. The third kappa shape index (κ3) is 2.42. The van der Waals surface area contributed by atoms with Crippen LogP contribution in [-0.2, 0) is 15.1 Å². The Hall–Kier alpha value is -2.70. The van der Waals surface area contributed by atoms with Crippen molar-refractivity contribution in [3.8, 4) is 0 Å². The summed E-state index contributed by atoms with van der Waals surface area (Å²) in [5.74, 6) is -0.209. The first-order valence-electron chi connectivity index (χ1n) is 9.74. The Morgan fingerprint density at radius 2 is 1.55 bits per heavy atom. The van der Waals surface area contributed by atoms with E-state index in [4.69, 9.17) is 0 Å². The van der Waals surface area contributed by atoms with Crippen LogP contribution in [-0.4, -0.2) is 47.4 Å². The van der Waals surface area contributed by atoms with Crippen LogP contribution in [0.25, 0.3) is 10.9 Å². The zero-order valence-corrected chi connectivity index (χ0v) is 18.7. The molecule has 0 radical (unpaired) electrons. The lowest BCUT2D eigenvalue weighted by atomic mass is 9.54. The van der Waals surface area contributed by atoms with E-state index in [1.54, 1.807) is 19.9 Å². The second-order valence-corrected chi connectivity index (χ2v) is 9.36. The van der Waals surface area contributed by atoms with Crippen molar-refractivity contribution in [3.05, 3.63) is 34.4 Å². The molecule has 3 rings (SSSR count). The molecule has 2 heterocycles. The van der Waals surface area contributed by atoms with Gasteiger partial charge in [-0.1, -0.05) is 33.8 Å². The monoisotopic (exact) mass is 398 g/mol.